The summed E-state index contributed by atoms with van der Waals surface area (Å²) in [6.45, 7) is 4.62. The lowest BCUT2D eigenvalue weighted by Gasteiger charge is -2.26. The van der Waals surface area contributed by atoms with E-state index in [1.807, 2.05) is 24.3 Å². The molecule has 1 aromatic rings. The van der Waals surface area contributed by atoms with Gasteiger partial charge in [0.05, 0.1) is 25.8 Å². The molecule has 2 aliphatic rings. The van der Waals surface area contributed by atoms with E-state index in [-0.39, 0.29) is 6.54 Å². The second-order valence-corrected chi connectivity index (χ2v) is 6.66. The van der Waals surface area contributed by atoms with E-state index in [1.54, 1.807) is 0 Å². The molecular weight excluding hydrogens is 344 g/mol. The fourth-order valence-corrected chi connectivity index (χ4v) is 3.08. The first-order valence-corrected chi connectivity index (χ1v) is 8.93. The van der Waals surface area contributed by atoms with E-state index in [0.717, 1.165) is 44.2 Å². The summed E-state index contributed by atoms with van der Waals surface area (Å²) >= 11 is 0. The molecule has 2 fully saturated rings. The number of ether oxygens (including phenoxy) is 2. The van der Waals surface area contributed by atoms with Crippen LogP contribution in [0.2, 0.25) is 0 Å². The van der Waals surface area contributed by atoms with Gasteiger partial charge in [0.25, 0.3) is 5.92 Å². The van der Waals surface area contributed by atoms with Gasteiger partial charge in [-0.3, -0.25) is 15.0 Å². The van der Waals surface area contributed by atoms with Crippen molar-refractivity contribution in [3.8, 4) is 5.75 Å². The summed E-state index contributed by atoms with van der Waals surface area (Å²) in [7, 11) is 0. The Labute approximate surface area is 151 Å². The Kier molecular flexibility index (Phi) is 6.39. The van der Waals surface area contributed by atoms with Gasteiger partial charge in [-0.25, -0.2) is 8.78 Å². The van der Waals surface area contributed by atoms with Crippen molar-refractivity contribution in [2.24, 2.45) is 0 Å². The van der Waals surface area contributed by atoms with Gasteiger partial charge in [-0.2, -0.15) is 0 Å². The molecule has 0 aliphatic carbocycles. The average Bonchev–Trinajstić information content (AvgIpc) is 3.01. The maximum atomic E-state index is 13.2. The van der Waals surface area contributed by atoms with Crippen molar-refractivity contribution in [2.75, 3.05) is 46.0 Å². The third-order valence-electron chi connectivity index (χ3n) is 4.57. The molecule has 144 valence electrons. The molecule has 2 N–H and O–H groups in total. The maximum absolute atomic E-state index is 13.2. The van der Waals surface area contributed by atoms with Gasteiger partial charge in [-0.15, -0.1) is 0 Å². The Morgan fingerprint density at radius 3 is 2.92 bits per heavy atom. The standard InChI is InChI=1S/C18H25F2N3O3/c19-18(20)11-16(22-13-18)17(24)21-12-14-2-1-3-15(10-14)26-9-6-23-4-7-25-8-5-23/h1-3,10,16,22H,4-9,11-13H2,(H,21,24). The van der Waals surface area contributed by atoms with Crippen LogP contribution in [0.4, 0.5) is 8.78 Å². The highest BCUT2D eigenvalue weighted by atomic mass is 19.3. The fraction of sp³-hybridized carbons (Fsp3) is 0.611. The molecule has 6 nitrogen and oxygen atoms in total. The largest absolute Gasteiger partial charge is 0.492 e. The van der Waals surface area contributed by atoms with E-state index in [2.05, 4.69) is 15.5 Å². The monoisotopic (exact) mass is 369 g/mol. The molecule has 0 aromatic heterocycles. The minimum atomic E-state index is -2.81. The van der Waals surface area contributed by atoms with Crippen LogP contribution < -0.4 is 15.4 Å². The van der Waals surface area contributed by atoms with Crippen LogP contribution in [0.25, 0.3) is 0 Å². The molecule has 0 saturated carbocycles. The zero-order valence-corrected chi connectivity index (χ0v) is 14.7. The van der Waals surface area contributed by atoms with Crippen LogP contribution in [0.1, 0.15) is 12.0 Å². The van der Waals surface area contributed by atoms with Gasteiger partial charge in [0, 0.05) is 32.6 Å². The van der Waals surface area contributed by atoms with Gasteiger partial charge >= 0.3 is 0 Å². The molecule has 0 spiro atoms. The van der Waals surface area contributed by atoms with E-state index in [1.165, 1.54) is 0 Å². The topological polar surface area (TPSA) is 62.8 Å². The summed E-state index contributed by atoms with van der Waals surface area (Å²) in [5.74, 6) is -2.48. The van der Waals surface area contributed by atoms with E-state index in [4.69, 9.17) is 9.47 Å². The number of amides is 1. The van der Waals surface area contributed by atoms with Crippen LogP contribution in [0.15, 0.2) is 24.3 Å². The summed E-state index contributed by atoms with van der Waals surface area (Å²) < 4.78 is 37.4. The molecular formula is C18H25F2N3O3. The number of nitrogens with one attached hydrogen (secondary N) is 2. The lowest BCUT2D eigenvalue weighted by molar-refractivity contribution is -0.123. The molecule has 0 bridgehead atoms. The summed E-state index contributed by atoms with van der Waals surface area (Å²) in [6, 6.07) is 6.61. The normalized spacial score (nSPS) is 22.9. The lowest BCUT2D eigenvalue weighted by atomic mass is 10.1. The summed E-state index contributed by atoms with van der Waals surface area (Å²) in [5.41, 5.74) is 0.868. The van der Waals surface area contributed by atoms with Crippen molar-refractivity contribution in [3.05, 3.63) is 29.8 Å². The van der Waals surface area contributed by atoms with E-state index >= 15 is 0 Å². The quantitative estimate of drug-likeness (QED) is 0.751. The number of carbonyl (C=O) groups excluding carboxylic acids is 1. The second kappa shape index (κ2) is 8.75. The Morgan fingerprint density at radius 1 is 1.38 bits per heavy atom. The molecule has 0 radical (unpaired) electrons. The molecule has 1 atom stereocenters. The number of halogens is 2. The Balaban J connectivity index is 1.41. The third-order valence-corrected chi connectivity index (χ3v) is 4.57. The first kappa shape index (κ1) is 19.0. The van der Waals surface area contributed by atoms with Crippen molar-refractivity contribution in [2.45, 2.75) is 24.9 Å². The van der Waals surface area contributed by atoms with Crippen molar-refractivity contribution < 1.29 is 23.0 Å². The van der Waals surface area contributed by atoms with Crippen LogP contribution in [0.3, 0.4) is 0 Å². The SMILES string of the molecule is O=C(NCc1cccc(OCCN2CCOCC2)c1)C1CC(F)(F)CN1. The molecule has 2 saturated heterocycles. The summed E-state index contributed by atoms with van der Waals surface area (Å²) in [5, 5.41) is 5.25. The van der Waals surface area contributed by atoms with E-state index in [9.17, 15) is 13.6 Å². The highest BCUT2D eigenvalue weighted by Gasteiger charge is 2.42. The zero-order valence-electron chi connectivity index (χ0n) is 14.7. The van der Waals surface area contributed by atoms with Crippen molar-refractivity contribution in [1.29, 1.82) is 0 Å². The minimum absolute atomic E-state index is 0.281. The molecule has 8 heteroatoms. The number of morpholine rings is 1. The number of alkyl halides is 2. The molecule has 1 amide bonds. The van der Waals surface area contributed by atoms with E-state index in [0.29, 0.717) is 6.61 Å². The summed E-state index contributed by atoms with van der Waals surface area (Å²) in [6.07, 6.45) is -0.455. The smallest absolute Gasteiger partial charge is 0.262 e. The predicted molar refractivity (Wildman–Crippen MR) is 92.4 cm³/mol. The molecule has 1 aromatic carbocycles. The number of nitrogens with zero attached hydrogens (tertiary/aromatic N) is 1. The number of hydrogen-bond donors (Lipinski definition) is 2. The minimum Gasteiger partial charge on any atom is -0.492 e. The zero-order chi connectivity index (χ0) is 18.4. The molecule has 3 rings (SSSR count). The van der Waals surface area contributed by atoms with Crippen molar-refractivity contribution in [3.63, 3.8) is 0 Å². The first-order valence-electron chi connectivity index (χ1n) is 8.93. The lowest BCUT2D eigenvalue weighted by Crippen LogP contribution is -2.40. The van der Waals surface area contributed by atoms with Crippen LogP contribution in [0, 0.1) is 0 Å². The van der Waals surface area contributed by atoms with Gasteiger partial charge in [-0.1, -0.05) is 12.1 Å². The third kappa shape index (κ3) is 5.62. The predicted octanol–water partition coefficient (Wildman–Crippen LogP) is 1.01. The second-order valence-electron chi connectivity index (χ2n) is 6.66. The van der Waals surface area contributed by atoms with Gasteiger partial charge in [-0.05, 0) is 17.7 Å². The fourth-order valence-electron chi connectivity index (χ4n) is 3.08. The molecule has 2 aliphatic heterocycles. The molecule has 2 heterocycles. The Morgan fingerprint density at radius 2 is 2.19 bits per heavy atom. The van der Waals surface area contributed by atoms with E-state index < -0.39 is 30.8 Å². The first-order chi connectivity index (χ1) is 12.5. The maximum Gasteiger partial charge on any atom is 0.262 e. The van der Waals surface area contributed by atoms with Gasteiger partial charge in [0.1, 0.15) is 12.4 Å². The van der Waals surface area contributed by atoms with Gasteiger partial charge in [0.2, 0.25) is 5.91 Å². The molecule has 26 heavy (non-hydrogen) atoms. The Bertz CT molecular complexity index is 609. The molecule has 1 unspecified atom stereocenters. The van der Waals surface area contributed by atoms with Crippen LogP contribution in [-0.2, 0) is 16.1 Å². The van der Waals surface area contributed by atoms with Crippen LogP contribution >= 0.6 is 0 Å². The number of rotatable bonds is 7. The van der Waals surface area contributed by atoms with Gasteiger partial charge < -0.3 is 14.8 Å². The van der Waals surface area contributed by atoms with Crippen molar-refractivity contribution >= 4 is 5.91 Å². The Hall–Kier alpha value is -1.77. The number of carbonyl (C=O) groups is 1. The van der Waals surface area contributed by atoms with Crippen molar-refractivity contribution in [1.82, 2.24) is 15.5 Å². The number of hydrogen-bond acceptors (Lipinski definition) is 5. The highest BCUT2D eigenvalue weighted by molar-refractivity contribution is 5.82. The summed E-state index contributed by atoms with van der Waals surface area (Å²) in [4.78, 5) is 14.3. The van der Waals surface area contributed by atoms with Gasteiger partial charge in [0.15, 0.2) is 0 Å². The number of benzene rings is 1. The van der Waals surface area contributed by atoms with Crippen LogP contribution in [-0.4, -0.2) is 68.8 Å². The van der Waals surface area contributed by atoms with Crippen LogP contribution in [0.5, 0.6) is 5.75 Å². The highest BCUT2D eigenvalue weighted by Crippen LogP contribution is 2.25. The average molecular weight is 369 g/mol.